The third kappa shape index (κ3) is 3.08. The lowest BCUT2D eigenvalue weighted by Crippen LogP contribution is -2.51. The first-order valence-electron chi connectivity index (χ1n) is 10.6. The van der Waals surface area contributed by atoms with Gasteiger partial charge in [-0.1, -0.05) is 20.8 Å². The molecule has 1 N–H and O–H groups in total. The molecule has 0 radical (unpaired) electrons. The van der Waals surface area contributed by atoms with Crippen LogP contribution in [0.3, 0.4) is 0 Å². The number of fused-ring (bicyclic) bond motifs is 1. The van der Waals surface area contributed by atoms with Crippen molar-refractivity contribution >= 4 is 16.1 Å². The molecule has 3 fully saturated rings. The van der Waals surface area contributed by atoms with E-state index in [0.717, 1.165) is 0 Å². The average Bonchev–Trinajstić information content (AvgIpc) is 3.02. The summed E-state index contributed by atoms with van der Waals surface area (Å²) in [5.41, 5.74) is 0. The molecule has 2 unspecified atom stereocenters. The summed E-state index contributed by atoms with van der Waals surface area (Å²) < 4.78 is 29.7. The molecule has 3 aliphatic heterocycles. The molecule has 4 aliphatic rings. The summed E-state index contributed by atoms with van der Waals surface area (Å²) in [7, 11) is -3.61. The highest BCUT2D eigenvalue weighted by Crippen LogP contribution is 2.48. The fourth-order valence-electron chi connectivity index (χ4n) is 5.45. The van der Waals surface area contributed by atoms with Gasteiger partial charge in [0, 0.05) is 31.8 Å². The lowest BCUT2D eigenvalue weighted by molar-refractivity contribution is -0.133. The zero-order chi connectivity index (χ0) is 20.4. The number of piperidine rings is 1. The first-order chi connectivity index (χ1) is 13.1. The molecular weight excluding hydrogens is 378 g/mol. The highest BCUT2D eigenvalue weighted by molar-refractivity contribution is 7.86. The second kappa shape index (κ2) is 6.99. The van der Waals surface area contributed by atoms with Gasteiger partial charge < -0.3 is 10.0 Å². The number of amides is 1. The van der Waals surface area contributed by atoms with Gasteiger partial charge in [-0.05, 0) is 49.5 Å². The first kappa shape index (κ1) is 20.2. The molecule has 1 amide bonds. The summed E-state index contributed by atoms with van der Waals surface area (Å²) in [6, 6.07) is -0.375. The highest BCUT2D eigenvalue weighted by atomic mass is 32.2. The maximum absolute atomic E-state index is 13.3. The van der Waals surface area contributed by atoms with Crippen LogP contribution in [0.15, 0.2) is 12.3 Å². The highest BCUT2D eigenvalue weighted by Gasteiger charge is 2.56. The molecular formula is C20H33N3O4S. The van der Waals surface area contributed by atoms with Crippen molar-refractivity contribution in [2.24, 2.45) is 29.6 Å². The number of aliphatic hydroxyl groups excluding tert-OH is 1. The lowest BCUT2D eigenvalue weighted by Gasteiger charge is -2.37. The minimum absolute atomic E-state index is 0.0875. The van der Waals surface area contributed by atoms with E-state index < -0.39 is 16.3 Å². The Morgan fingerprint density at radius 1 is 1.14 bits per heavy atom. The summed E-state index contributed by atoms with van der Waals surface area (Å²) in [6.07, 6.45) is 4.52. The van der Waals surface area contributed by atoms with Crippen molar-refractivity contribution in [3.8, 4) is 0 Å². The minimum atomic E-state index is -3.61. The number of aliphatic hydroxyl groups is 1. The van der Waals surface area contributed by atoms with Crippen LogP contribution in [0.25, 0.3) is 0 Å². The van der Waals surface area contributed by atoms with E-state index in [0.29, 0.717) is 44.3 Å². The van der Waals surface area contributed by atoms with Crippen LogP contribution in [-0.4, -0.2) is 70.8 Å². The van der Waals surface area contributed by atoms with Gasteiger partial charge in [0.1, 0.15) is 0 Å². The Morgan fingerprint density at radius 2 is 1.75 bits per heavy atom. The fourth-order valence-corrected chi connectivity index (χ4v) is 7.25. The van der Waals surface area contributed by atoms with Crippen LogP contribution >= 0.6 is 0 Å². The van der Waals surface area contributed by atoms with Gasteiger partial charge in [-0.2, -0.15) is 12.7 Å². The Labute approximate surface area is 168 Å². The number of rotatable bonds is 4. The van der Waals surface area contributed by atoms with Gasteiger partial charge in [-0.25, -0.2) is 0 Å². The maximum Gasteiger partial charge on any atom is 0.303 e. The number of hydrogen-bond acceptors (Lipinski definition) is 4. The van der Waals surface area contributed by atoms with E-state index in [1.807, 2.05) is 17.9 Å². The number of hydrogen-bond donors (Lipinski definition) is 1. The van der Waals surface area contributed by atoms with Crippen LogP contribution in [-0.2, 0) is 15.0 Å². The Bertz CT molecular complexity index is 751. The molecule has 0 bridgehead atoms. The van der Waals surface area contributed by atoms with E-state index in [4.69, 9.17) is 0 Å². The molecule has 0 spiro atoms. The second-order valence-corrected chi connectivity index (χ2v) is 11.2. The van der Waals surface area contributed by atoms with E-state index in [1.165, 1.54) is 4.31 Å². The molecule has 0 aromatic heterocycles. The third-order valence-corrected chi connectivity index (χ3v) is 9.58. The van der Waals surface area contributed by atoms with Crippen LogP contribution in [0.4, 0.5) is 0 Å². The van der Waals surface area contributed by atoms with E-state index in [9.17, 15) is 18.3 Å². The molecule has 4 rings (SSSR count). The molecule has 1 aliphatic carbocycles. The smallest absolute Gasteiger partial charge is 0.303 e. The Morgan fingerprint density at radius 3 is 2.29 bits per heavy atom. The van der Waals surface area contributed by atoms with Gasteiger partial charge >= 0.3 is 10.2 Å². The number of likely N-dealkylation sites (tertiary alicyclic amines) is 1. The van der Waals surface area contributed by atoms with E-state index in [2.05, 4.69) is 13.8 Å². The number of nitrogens with zero attached hydrogens (tertiary/aromatic N) is 3. The predicted octanol–water partition coefficient (Wildman–Crippen LogP) is 1.27. The molecule has 0 aromatic carbocycles. The van der Waals surface area contributed by atoms with Gasteiger partial charge in [0.05, 0.1) is 18.2 Å². The van der Waals surface area contributed by atoms with Crippen molar-refractivity contribution in [2.75, 3.05) is 19.6 Å². The molecule has 7 nitrogen and oxygen atoms in total. The van der Waals surface area contributed by atoms with Crippen LogP contribution in [0, 0.1) is 29.6 Å². The van der Waals surface area contributed by atoms with Gasteiger partial charge in [0.25, 0.3) is 0 Å². The summed E-state index contributed by atoms with van der Waals surface area (Å²) in [5, 5.41) is 9.78. The van der Waals surface area contributed by atoms with Crippen molar-refractivity contribution in [1.29, 1.82) is 0 Å². The fraction of sp³-hybridized carbons (Fsp3) is 0.850. The van der Waals surface area contributed by atoms with Crippen LogP contribution in [0.1, 0.15) is 40.5 Å². The normalized spacial score (nSPS) is 40.0. The van der Waals surface area contributed by atoms with Crippen molar-refractivity contribution in [3.63, 3.8) is 0 Å². The quantitative estimate of drug-likeness (QED) is 0.755. The zero-order valence-electron chi connectivity index (χ0n) is 17.2. The van der Waals surface area contributed by atoms with Gasteiger partial charge in [-0.3, -0.25) is 9.10 Å². The second-order valence-electron chi connectivity index (χ2n) is 9.35. The predicted molar refractivity (Wildman–Crippen MR) is 106 cm³/mol. The topological polar surface area (TPSA) is 81.2 Å². The first-order valence-corrected chi connectivity index (χ1v) is 12.0. The Kier molecular flexibility index (Phi) is 5.03. The van der Waals surface area contributed by atoms with Crippen LogP contribution in [0.5, 0.6) is 0 Å². The summed E-state index contributed by atoms with van der Waals surface area (Å²) >= 11 is 0. The van der Waals surface area contributed by atoms with Gasteiger partial charge in [0.2, 0.25) is 5.91 Å². The minimum Gasteiger partial charge on any atom is -0.393 e. The van der Waals surface area contributed by atoms with Gasteiger partial charge in [0.15, 0.2) is 0 Å². The zero-order valence-corrected chi connectivity index (χ0v) is 18.0. The third-order valence-electron chi connectivity index (χ3n) is 7.66. The summed E-state index contributed by atoms with van der Waals surface area (Å²) in [5.74, 6) is 1.36. The van der Waals surface area contributed by atoms with Gasteiger partial charge in [-0.15, -0.1) is 0 Å². The monoisotopic (exact) mass is 411 g/mol. The van der Waals surface area contributed by atoms with Crippen molar-refractivity contribution in [3.05, 3.63) is 12.3 Å². The molecule has 28 heavy (non-hydrogen) atoms. The van der Waals surface area contributed by atoms with E-state index in [1.54, 1.807) is 17.4 Å². The number of carbonyl (C=O) groups excluding carboxylic acids is 1. The largest absolute Gasteiger partial charge is 0.393 e. The summed E-state index contributed by atoms with van der Waals surface area (Å²) in [4.78, 5) is 14.9. The Hall–Kier alpha value is -1.12. The molecule has 0 aromatic rings. The maximum atomic E-state index is 13.3. The van der Waals surface area contributed by atoms with Crippen molar-refractivity contribution in [1.82, 2.24) is 13.5 Å². The van der Waals surface area contributed by atoms with Crippen molar-refractivity contribution in [2.45, 2.75) is 58.7 Å². The molecule has 158 valence electrons. The molecule has 2 saturated heterocycles. The summed E-state index contributed by atoms with van der Waals surface area (Å²) in [6.45, 7) is 9.53. The van der Waals surface area contributed by atoms with Crippen LogP contribution in [0.2, 0.25) is 0 Å². The SMILES string of the molecule is CC(O)C1CCN(S(=O)(=O)N2C=C[C@H]3[C@H]2[C@@H](C)CN3C(=O)C2[C@@H](C)[C@H]2C)CC1. The molecule has 1 saturated carbocycles. The van der Waals surface area contributed by atoms with E-state index >= 15 is 0 Å². The van der Waals surface area contributed by atoms with Crippen molar-refractivity contribution < 1.29 is 18.3 Å². The molecule has 3 heterocycles. The lowest BCUT2D eigenvalue weighted by atomic mass is 9.93. The van der Waals surface area contributed by atoms with E-state index in [-0.39, 0.29) is 35.7 Å². The van der Waals surface area contributed by atoms with Crippen LogP contribution < -0.4 is 0 Å². The molecule has 7 atom stereocenters. The standard InChI is InChI=1S/C20H33N3O4S/c1-12-11-22(20(25)18-13(2)14(18)3)17-7-10-23(19(12)17)28(26,27)21-8-5-16(6-9-21)15(4)24/h7,10,12-19,24H,5-6,8-9,11H2,1-4H3/t12-,13-,14+,15?,17-,18?,19+/m0/s1. The molecule has 8 heteroatoms. The number of carbonyl (C=O) groups is 1. The average molecular weight is 412 g/mol. The Balaban J connectivity index is 1.47.